The molecular formula is C18H21NO4S2. The number of benzene rings is 1. The quantitative estimate of drug-likeness (QED) is 0.298. The molecule has 0 spiro atoms. The Morgan fingerprint density at radius 2 is 2.00 bits per heavy atom. The van der Waals surface area contributed by atoms with Crippen molar-refractivity contribution >= 4 is 46.3 Å². The number of unbranched alkanes of at least 4 members (excludes halogenated alkanes) is 1. The van der Waals surface area contributed by atoms with E-state index in [-0.39, 0.29) is 19.1 Å². The number of thioether (sulfide) groups is 1. The van der Waals surface area contributed by atoms with Gasteiger partial charge >= 0.3 is 5.97 Å². The Labute approximate surface area is 157 Å². The number of hydrogen-bond donors (Lipinski definition) is 0. The summed E-state index contributed by atoms with van der Waals surface area (Å²) < 4.78 is 10.9. The molecule has 0 aliphatic carbocycles. The Bertz CT molecular complexity index is 670. The fraction of sp³-hybridized carbons (Fsp3) is 0.389. The molecule has 0 N–H and O–H groups in total. The third-order valence-electron chi connectivity index (χ3n) is 3.41. The molecule has 1 aliphatic rings. The van der Waals surface area contributed by atoms with Crippen LogP contribution in [-0.4, -0.2) is 40.9 Å². The molecule has 134 valence electrons. The van der Waals surface area contributed by atoms with Gasteiger partial charge in [-0.25, -0.2) is 0 Å². The van der Waals surface area contributed by atoms with E-state index in [1.54, 1.807) is 13.0 Å². The molecule has 1 aromatic carbocycles. The van der Waals surface area contributed by atoms with Crippen molar-refractivity contribution in [1.82, 2.24) is 4.90 Å². The summed E-state index contributed by atoms with van der Waals surface area (Å²) >= 11 is 6.38. The van der Waals surface area contributed by atoms with Crippen LogP contribution in [0, 0.1) is 0 Å². The number of hydrogen-bond acceptors (Lipinski definition) is 6. The highest BCUT2D eigenvalue weighted by Gasteiger charge is 2.33. The van der Waals surface area contributed by atoms with Crippen molar-refractivity contribution in [2.45, 2.75) is 26.7 Å². The van der Waals surface area contributed by atoms with Crippen LogP contribution in [0.3, 0.4) is 0 Å². The summed E-state index contributed by atoms with van der Waals surface area (Å²) in [5, 5.41) is 0. The Morgan fingerprint density at radius 1 is 1.28 bits per heavy atom. The lowest BCUT2D eigenvalue weighted by molar-refractivity contribution is -0.145. The van der Waals surface area contributed by atoms with Gasteiger partial charge < -0.3 is 9.47 Å². The molecule has 1 fully saturated rings. The highest BCUT2D eigenvalue weighted by atomic mass is 32.2. The minimum Gasteiger partial charge on any atom is -0.494 e. The van der Waals surface area contributed by atoms with Crippen molar-refractivity contribution in [2.24, 2.45) is 0 Å². The molecule has 7 heteroatoms. The second-order valence-electron chi connectivity index (χ2n) is 5.34. The van der Waals surface area contributed by atoms with Crippen LogP contribution in [0.4, 0.5) is 0 Å². The van der Waals surface area contributed by atoms with Gasteiger partial charge in [-0.1, -0.05) is 49.5 Å². The second-order valence-corrected chi connectivity index (χ2v) is 7.02. The zero-order valence-electron chi connectivity index (χ0n) is 14.3. The molecule has 0 aromatic heterocycles. The first kappa shape index (κ1) is 19.5. The van der Waals surface area contributed by atoms with Gasteiger partial charge in [-0.15, -0.1) is 0 Å². The Hall–Kier alpha value is -1.86. The van der Waals surface area contributed by atoms with Crippen molar-refractivity contribution in [3.05, 3.63) is 34.7 Å². The summed E-state index contributed by atoms with van der Waals surface area (Å²) in [4.78, 5) is 25.8. The number of carbonyl (C=O) groups is 2. The van der Waals surface area contributed by atoms with Gasteiger partial charge in [-0.2, -0.15) is 0 Å². The van der Waals surface area contributed by atoms with E-state index in [1.807, 2.05) is 24.3 Å². The van der Waals surface area contributed by atoms with Crippen LogP contribution in [0.1, 0.15) is 32.3 Å². The molecule has 1 amide bonds. The van der Waals surface area contributed by atoms with E-state index >= 15 is 0 Å². The van der Waals surface area contributed by atoms with E-state index in [4.69, 9.17) is 21.7 Å². The first-order chi connectivity index (χ1) is 12.0. The van der Waals surface area contributed by atoms with Gasteiger partial charge in [0.25, 0.3) is 5.91 Å². The molecule has 0 saturated carbocycles. The van der Waals surface area contributed by atoms with Crippen LogP contribution in [0.5, 0.6) is 5.75 Å². The topological polar surface area (TPSA) is 55.8 Å². The van der Waals surface area contributed by atoms with Crippen LogP contribution >= 0.6 is 24.0 Å². The Balaban J connectivity index is 2.02. The van der Waals surface area contributed by atoms with Crippen molar-refractivity contribution < 1.29 is 19.1 Å². The maximum Gasteiger partial charge on any atom is 0.326 e. The predicted octanol–water partition coefficient (Wildman–Crippen LogP) is 3.63. The molecule has 0 unspecified atom stereocenters. The summed E-state index contributed by atoms with van der Waals surface area (Å²) in [5.74, 6) is 0.0698. The van der Waals surface area contributed by atoms with Crippen LogP contribution in [-0.2, 0) is 14.3 Å². The van der Waals surface area contributed by atoms with Gasteiger partial charge in [0, 0.05) is 0 Å². The van der Waals surface area contributed by atoms with E-state index in [9.17, 15) is 9.59 Å². The maximum atomic E-state index is 12.4. The lowest BCUT2D eigenvalue weighted by Gasteiger charge is -2.12. The van der Waals surface area contributed by atoms with Crippen molar-refractivity contribution in [2.75, 3.05) is 19.8 Å². The first-order valence-electron chi connectivity index (χ1n) is 8.19. The predicted molar refractivity (Wildman–Crippen MR) is 103 cm³/mol. The van der Waals surface area contributed by atoms with Crippen LogP contribution < -0.4 is 4.74 Å². The summed E-state index contributed by atoms with van der Waals surface area (Å²) in [6.45, 7) is 4.65. The summed E-state index contributed by atoms with van der Waals surface area (Å²) in [6.07, 6.45) is 3.87. The van der Waals surface area contributed by atoms with E-state index in [0.29, 0.717) is 15.8 Å². The van der Waals surface area contributed by atoms with Gasteiger partial charge in [0.15, 0.2) is 0 Å². The molecule has 0 radical (unpaired) electrons. The molecular weight excluding hydrogens is 358 g/mol. The maximum absolute atomic E-state index is 12.4. The first-order valence-corrected chi connectivity index (χ1v) is 9.41. The number of nitrogens with zero attached hydrogens (tertiary/aromatic N) is 1. The molecule has 0 bridgehead atoms. The number of rotatable bonds is 8. The van der Waals surface area contributed by atoms with Crippen LogP contribution in [0.25, 0.3) is 6.08 Å². The van der Waals surface area contributed by atoms with E-state index in [2.05, 4.69) is 6.92 Å². The monoisotopic (exact) mass is 379 g/mol. The summed E-state index contributed by atoms with van der Waals surface area (Å²) in [6, 6.07) is 7.53. The average molecular weight is 380 g/mol. The zero-order valence-corrected chi connectivity index (χ0v) is 16.0. The lowest BCUT2D eigenvalue weighted by atomic mass is 10.2. The van der Waals surface area contributed by atoms with Gasteiger partial charge in [0.05, 0.1) is 18.1 Å². The summed E-state index contributed by atoms with van der Waals surface area (Å²) in [5.41, 5.74) is 0.875. The standard InChI is InChI=1S/C18H21NO4S2/c1-3-5-10-23-14-8-6-13(7-9-14)11-15-17(21)19(18(24)25-15)12-16(20)22-4-2/h6-9,11H,3-5,10,12H2,1-2H3. The molecule has 2 rings (SSSR count). The number of ether oxygens (including phenoxy) is 2. The molecule has 1 aliphatic heterocycles. The molecule has 1 saturated heterocycles. The van der Waals surface area contributed by atoms with E-state index < -0.39 is 5.97 Å². The zero-order chi connectivity index (χ0) is 18.2. The number of carbonyl (C=O) groups excluding carboxylic acids is 2. The lowest BCUT2D eigenvalue weighted by Crippen LogP contribution is -2.34. The van der Waals surface area contributed by atoms with Gasteiger partial charge in [-0.05, 0) is 37.1 Å². The van der Waals surface area contributed by atoms with E-state index in [0.717, 1.165) is 24.2 Å². The Morgan fingerprint density at radius 3 is 2.64 bits per heavy atom. The fourth-order valence-corrected chi connectivity index (χ4v) is 3.37. The molecule has 1 heterocycles. The second kappa shape index (κ2) is 9.58. The highest BCUT2D eigenvalue weighted by Crippen LogP contribution is 2.32. The third kappa shape index (κ3) is 5.57. The summed E-state index contributed by atoms with van der Waals surface area (Å²) in [7, 11) is 0. The molecule has 1 aromatic rings. The minimum atomic E-state index is -0.464. The molecule has 5 nitrogen and oxygen atoms in total. The van der Waals surface area contributed by atoms with Crippen LogP contribution in [0.15, 0.2) is 29.2 Å². The van der Waals surface area contributed by atoms with E-state index in [1.165, 1.54) is 16.7 Å². The molecule has 0 atom stereocenters. The third-order valence-corrected chi connectivity index (χ3v) is 4.79. The largest absolute Gasteiger partial charge is 0.494 e. The van der Waals surface area contributed by atoms with Gasteiger partial charge in [-0.3, -0.25) is 14.5 Å². The Kier molecular flexibility index (Phi) is 7.46. The smallest absolute Gasteiger partial charge is 0.326 e. The SMILES string of the molecule is CCCCOc1ccc(C=C2SC(=S)N(CC(=O)OCC)C2=O)cc1. The number of esters is 1. The normalized spacial score (nSPS) is 15.8. The number of amides is 1. The van der Waals surface area contributed by atoms with Crippen LogP contribution in [0.2, 0.25) is 0 Å². The minimum absolute atomic E-state index is 0.153. The fourth-order valence-electron chi connectivity index (χ4n) is 2.12. The number of thiocarbonyl (C=S) groups is 1. The van der Waals surface area contributed by atoms with Crippen molar-refractivity contribution in [1.29, 1.82) is 0 Å². The molecule has 25 heavy (non-hydrogen) atoms. The highest BCUT2D eigenvalue weighted by molar-refractivity contribution is 8.26. The average Bonchev–Trinajstić information content (AvgIpc) is 2.84. The van der Waals surface area contributed by atoms with Crippen molar-refractivity contribution in [3.8, 4) is 5.75 Å². The van der Waals surface area contributed by atoms with Crippen molar-refractivity contribution in [3.63, 3.8) is 0 Å². The van der Waals surface area contributed by atoms with Gasteiger partial charge in [0.1, 0.15) is 16.6 Å². The van der Waals surface area contributed by atoms with Gasteiger partial charge in [0.2, 0.25) is 0 Å².